The first-order valence-electron chi connectivity index (χ1n) is 26.2. The Bertz CT molecular complexity index is 1300. The maximum atomic E-state index is 12.8. The van der Waals surface area contributed by atoms with Crippen LogP contribution in [0.5, 0.6) is 0 Å². The standard InChI is InChI=1S/C58H96O6/c1-4-7-10-13-16-19-22-25-27-29-31-33-36-39-42-45-48-51-57(60)63-54-55(53-62-56(59)50-47-44-41-38-35-32-24-21-18-15-12-9-6-3)64-58(61)52-49-46-43-40-37-34-30-28-26-23-20-17-14-11-8-5-2/h8,11,17,20,25-28,32,34-35,37,41,43-44,46,55H,4-7,9-10,12-16,18-19,21-24,29-31,33,36,38-40,42,45,47-54H2,1-3H3/b11-8-,20-17-,27-25-,28-26-,35-32-,37-34-,44-41-,46-43-. The normalized spacial score (nSPS) is 12.9. The van der Waals surface area contributed by atoms with Crippen LogP contribution in [0.15, 0.2) is 97.2 Å². The number of allylic oxidation sites excluding steroid dienone is 16. The Kier molecular flexibility index (Phi) is 49.0. The van der Waals surface area contributed by atoms with Crippen molar-refractivity contribution in [2.75, 3.05) is 13.2 Å². The number of unbranched alkanes of at least 4 members (excludes halogenated alkanes) is 19. The number of esters is 3. The van der Waals surface area contributed by atoms with Gasteiger partial charge in [0.1, 0.15) is 13.2 Å². The average molecular weight is 889 g/mol. The van der Waals surface area contributed by atoms with Crippen molar-refractivity contribution >= 4 is 17.9 Å². The third-order valence-corrected chi connectivity index (χ3v) is 10.8. The molecule has 0 amide bonds. The van der Waals surface area contributed by atoms with Crippen molar-refractivity contribution in [1.82, 2.24) is 0 Å². The molecular weight excluding hydrogens is 793 g/mol. The van der Waals surface area contributed by atoms with Crippen LogP contribution in [0.4, 0.5) is 0 Å². The van der Waals surface area contributed by atoms with Gasteiger partial charge in [-0.25, -0.2) is 0 Å². The fraction of sp³-hybridized carbons (Fsp3) is 0.672. The number of carbonyl (C=O) groups is 3. The number of hydrogen-bond donors (Lipinski definition) is 0. The van der Waals surface area contributed by atoms with Crippen molar-refractivity contribution in [2.24, 2.45) is 0 Å². The molecule has 0 saturated heterocycles. The Morgan fingerprint density at radius 1 is 0.328 bits per heavy atom. The molecule has 0 aromatic carbocycles. The van der Waals surface area contributed by atoms with E-state index in [1.807, 2.05) is 18.2 Å². The zero-order valence-corrected chi connectivity index (χ0v) is 41.5. The molecule has 0 aliphatic heterocycles. The van der Waals surface area contributed by atoms with Gasteiger partial charge in [0, 0.05) is 19.3 Å². The first kappa shape index (κ1) is 60.3. The third kappa shape index (κ3) is 49.3. The molecule has 0 aromatic rings. The Hall–Kier alpha value is -3.67. The zero-order chi connectivity index (χ0) is 46.5. The van der Waals surface area contributed by atoms with Crippen LogP contribution in [0.1, 0.15) is 233 Å². The molecule has 0 saturated carbocycles. The smallest absolute Gasteiger partial charge is 0.306 e. The highest BCUT2D eigenvalue weighted by molar-refractivity contribution is 5.71. The van der Waals surface area contributed by atoms with Crippen LogP contribution >= 0.6 is 0 Å². The molecule has 0 spiro atoms. The molecule has 6 nitrogen and oxygen atoms in total. The summed E-state index contributed by atoms with van der Waals surface area (Å²) in [6, 6.07) is 0. The van der Waals surface area contributed by atoms with Gasteiger partial charge in [0.15, 0.2) is 6.10 Å². The van der Waals surface area contributed by atoms with Crippen molar-refractivity contribution in [2.45, 2.75) is 239 Å². The summed E-state index contributed by atoms with van der Waals surface area (Å²) in [5, 5.41) is 0. The Labute approximate surface area is 394 Å². The summed E-state index contributed by atoms with van der Waals surface area (Å²) in [6.07, 6.45) is 68.5. The first-order chi connectivity index (χ1) is 31.5. The predicted molar refractivity (Wildman–Crippen MR) is 274 cm³/mol. The van der Waals surface area contributed by atoms with Gasteiger partial charge in [-0.15, -0.1) is 0 Å². The molecule has 0 bridgehead atoms. The molecule has 0 aromatic heterocycles. The predicted octanol–water partition coefficient (Wildman–Crippen LogP) is 17.4. The van der Waals surface area contributed by atoms with Gasteiger partial charge >= 0.3 is 17.9 Å². The lowest BCUT2D eigenvalue weighted by Crippen LogP contribution is -2.30. The summed E-state index contributed by atoms with van der Waals surface area (Å²) < 4.78 is 16.7. The molecule has 0 heterocycles. The van der Waals surface area contributed by atoms with E-state index in [1.165, 1.54) is 116 Å². The summed E-state index contributed by atoms with van der Waals surface area (Å²) in [4.78, 5) is 37.9. The second kappa shape index (κ2) is 52.0. The lowest BCUT2D eigenvalue weighted by Gasteiger charge is -2.18. The van der Waals surface area contributed by atoms with Gasteiger partial charge in [0.25, 0.3) is 0 Å². The fourth-order valence-electron chi connectivity index (χ4n) is 6.89. The molecule has 1 atom stereocenters. The van der Waals surface area contributed by atoms with Gasteiger partial charge in [-0.2, -0.15) is 0 Å². The van der Waals surface area contributed by atoms with Crippen molar-refractivity contribution in [3.63, 3.8) is 0 Å². The Morgan fingerprint density at radius 3 is 1.06 bits per heavy atom. The summed E-state index contributed by atoms with van der Waals surface area (Å²) >= 11 is 0. The van der Waals surface area contributed by atoms with Crippen LogP contribution in [0.3, 0.4) is 0 Å². The molecule has 0 aliphatic carbocycles. The minimum Gasteiger partial charge on any atom is -0.462 e. The highest BCUT2D eigenvalue weighted by Gasteiger charge is 2.19. The quantitative estimate of drug-likeness (QED) is 0.0262. The number of ether oxygens (including phenoxy) is 3. The van der Waals surface area contributed by atoms with Gasteiger partial charge in [0.05, 0.1) is 0 Å². The second-order valence-electron chi connectivity index (χ2n) is 17.0. The van der Waals surface area contributed by atoms with E-state index in [9.17, 15) is 14.4 Å². The van der Waals surface area contributed by atoms with E-state index < -0.39 is 12.1 Å². The summed E-state index contributed by atoms with van der Waals surface area (Å²) in [6.45, 7) is 6.39. The number of hydrogen-bond acceptors (Lipinski definition) is 6. The SMILES string of the molecule is CC/C=C\C/C=C\C/C=C\C/C=C\C/C=C\CCC(=O)OC(COC(=O)CC/C=C\C/C=C\CCCCCCCC)COC(=O)CCCCCCCCC/C=C\CCCCCCCC. The Morgan fingerprint density at radius 2 is 0.641 bits per heavy atom. The summed E-state index contributed by atoms with van der Waals surface area (Å²) in [5.74, 6) is -1.09. The minimum atomic E-state index is -0.841. The highest BCUT2D eigenvalue weighted by Crippen LogP contribution is 2.13. The monoisotopic (exact) mass is 889 g/mol. The third-order valence-electron chi connectivity index (χ3n) is 10.8. The van der Waals surface area contributed by atoms with E-state index in [4.69, 9.17) is 14.2 Å². The molecule has 0 fully saturated rings. The van der Waals surface area contributed by atoms with Crippen molar-refractivity contribution < 1.29 is 28.6 Å². The highest BCUT2D eigenvalue weighted by atomic mass is 16.6. The van der Waals surface area contributed by atoms with Crippen LogP contribution < -0.4 is 0 Å². The van der Waals surface area contributed by atoms with E-state index in [2.05, 4.69) is 99.8 Å². The van der Waals surface area contributed by atoms with E-state index in [-0.39, 0.29) is 38.0 Å². The van der Waals surface area contributed by atoms with E-state index in [1.54, 1.807) is 0 Å². The molecule has 6 heteroatoms. The lowest BCUT2D eigenvalue weighted by molar-refractivity contribution is -0.166. The number of carbonyl (C=O) groups excluding carboxylic acids is 3. The second-order valence-corrected chi connectivity index (χ2v) is 17.0. The molecule has 0 radical (unpaired) electrons. The zero-order valence-electron chi connectivity index (χ0n) is 41.5. The molecule has 0 rings (SSSR count). The van der Waals surface area contributed by atoms with Crippen molar-refractivity contribution in [3.8, 4) is 0 Å². The van der Waals surface area contributed by atoms with Gasteiger partial charge in [0.2, 0.25) is 0 Å². The maximum Gasteiger partial charge on any atom is 0.306 e. The molecule has 64 heavy (non-hydrogen) atoms. The number of rotatable bonds is 46. The van der Waals surface area contributed by atoms with Crippen LogP contribution in [0, 0.1) is 0 Å². The average Bonchev–Trinajstić information content (AvgIpc) is 3.29. The first-order valence-corrected chi connectivity index (χ1v) is 26.2. The topological polar surface area (TPSA) is 78.9 Å². The molecule has 0 N–H and O–H groups in total. The molecular formula is C58H96O6. The van der Waals surface area contributed by atoms with Crippen LogP contribution in [-0.2, 0) is 28.6 Å². The largest absolute Gasteiger partial charge is 0.462 e. The Balaban J connectivity index is 4.55. The van der Waals surface area contributed by atoms with E-state index in [0.717, 1.165) is 64.2 Å². The van der Waals surface area contributed by atoms with Crippen LogP contribution in [-0.4, -0.2) is 37.2 Å². The van der Waals surface area contributed by atoms with Gasteiger partial charge in [-0.3, -0.25) is 14.4 Å². The van der Waals surface area contributed by atoms with Crippen molar-refractivity contribution in [3.05, 3.63) is 97.2 Å². The molecule has 0 aliphatic rings. The lowest BCUT2D eigenvalue weighted by atomic mass is 10.1. The fourth-order valence-corrected chi connectivity index (χ4v) is 6.89. The van der Waals surface area contributed by atoms with Gasteiger partial charge in [-0.1, -0.05) is 214 Å². The van der Waals surface area contributed by atoms with Crippen LogP contribution in [0.2, 0.25) is 0 Å². The summed E-state index contributed by atoms with van der Waals surface area (Å²) in [7, 11) is 0. The van der Waals surface area contributed by atoms with Crippen LogP contribution in [0.25, 0.3) is 0 Å². The van der Waals surface area contributed by atoms with E-state index in [0.29, 0.717) is 19.3 Å². The summed E-state index contributed by atoms with van der Waals surface area (Å²) in [5.41, 5.74) is 0. The van der Waals surface area contributed by atoms with Gasteiger partial charge < -0.3 is 14.2 Å². The van der Waals surface area contributed by atoms with Gasteiger partial charge in [-0.05, 0) is 96.3 Å². The molecule has 364 valence electrons. The molecule has 1 unspecified atom stereocenters. The van der Waals surface area contributed by atoms with Crippen molar-refractivity contribution in [1.29, 1.82) is 0 Å². The maximum absolute atomic E-state index is 12.8. The van der Waals surface area contributed by atoms with E-state index >= 15 is 0 Å². The minimum absolute atomic E-state index is 0.127.